The second kappa shape index (κ2) is 9.72. The Morgan fingerprint density at radius 3 is 1.94 bits per heavy atom. The summed E-state index contributed by atoms with van der Waals surface area (Å²) in [6.45, 7) is 8.66. The van der Waals surface area contributed by atoms with Gasteiger partial charge in [-0.3, -0.25) is 0 Å². The highest BCUT2D eigenvalue weighted by Gasteiger charge is 1.89. The average Bonchev–Trinajstić information content (AvgIpc) is 2.17. The Morgan fingerprint density at radius 1 is 0.875 bits per heavy atom. The molecule has 0 aromatic carbocycles. The van der Waals surface area contributed by atoms with Crippen LogP contribution in [-0.4, -0.2) is 5.88 Å². The van der Waals surface area contributed by atoms with Gasteiger partial charge in [0.25, 0.3) is 0 Å². The number of halogens is 1. The molecule has 0 saturated heterocycles. The van der Waals surface area contributed by atoms with Crippen LogP contribution in [0, 0.1) is 0 Å². The van der Waals surface area contributed by atoms with Crippen LogP contribution >= 0.6 is 11.6 Å². The summed E-state index contributed by atoms with van der Waals surface area (Å²) in [5.74, 6) is 0.728. The first kappa shape index (κ1) is 15.5. The molecule has 0 saturated carbocycles. The van der Waals surface area contributed by atoms with E-state index in [2.05, 4.69) is 45.9 Å². The first-order chi connectivity index (χ1) is 7.56. The van der Waals surface area contributed by atoms with E-state index < -0.39 is 0 Å². The van der Waals surface area contributed by atoms with E-state index in [9.17, 15) is 0 Å². The van der Waals surface area contributed by atoms with Crippen molar-refractivity contribution in [2.24, 2.45) is 0 Å². The van der Waals surface area contributed by atoms with Crippen LogP contribution in [0.2, 0.25) is 0 Å². The van der Waals surface area contributed by atoms with Gasteiger partial charge in [-0.25, -0.2) is 0 Å². The van der Waals surface area contributed by atoms with Gasteiger partial charge in [-0.1, -0.05) is 34.9 Å². The van der Waals surface area contributed by atoms with Crippen molar-refractivity contribution < 1.29 is 0 Å². The van der Waals surface area contributed by atoms with E-state index in [1.54, 1.807) is 0 Å². The molecule has 0 bridgehead atoms. The van der Waals surface area contributed by atoms with Crippen molar-refractivity contribution in [3.8, 4) is 0 Å². The van der Waals surface area contributed by atoms with Gasteiger partial charge < -0.3 is 0 Å². The maximum Gasteiger partial charge on any atom is 0.0260 e. The van der Waals surface area contributed by atoms with Gasteiger partial charge in [0.15, 0.2) is 0 Å². The number of hydrogen-bond donors (Lipinski definition) is 0. The Hall–Kier alpha value is -0.490. The SMILES string of the molecule is CC(C)=CCC/C(C)=C\C/C=C(\C)CCCl. The van der Waals surface area contributed by atoms with Crippen molar-refractivity contribution in [1.29, 1.82) is 0 Å². The van der Waals surface area contributed by atoms with Crippen molar-refractivity contribution in [3.63, 3.8) is 0 Å². The van der Waals surface area contributed by atoms with Crippen LogP contribution < -0.4 is 0 Å². The van der Waals surface area contributed by atoms with Gasteiger partial charge in [0.05, 0.1) is 0 Å². The standard InChI is InChI=1S/C15H25Cl/c1-13(2)7-5-8-14(3)9-6-10-15(4)11-12-16/h7,9-10H,5-6,8,11-12H2,1-4H3/b14-9-,15-10+. The zero-order chi connectivity index (χ0) is 12.4. The predicted octanol–water partition coefficient (Wildman–Crippen LogP) is 5.64. The monoisotopic (exact) mass is 240 g/mol. The quantitative estimate of drug-likeness (QED) is 0.399. The third-order valence-corrected chi connectivity index (χ3v) is 2.70. The summed E-state index contributed by atoms with van der Waals surface area (Å²) in [4.78, 5) is 0. The van der Waals surface area contributed by atoms with Crippen molar-refractivity contribution >= 4 is 11.6 Å². The number of allylic oxidation sites excluding steroid dienone is 6. The number of hydrogen-bond acceptors (Lipinski definition) is 0. The molecule has 0 heterocycles. The molecule has 92 valence electrons. The molecule has 0 nitrogen and oxygen atoms in total. The molecule has 0 rings (SSSR count). The molecule has 0 aliphatic carbocycles. The fourth-order valence-electron chi connectivity index (χ4n) is 1.40. The van der Waals surface area contributed by atoms with E-state index >= 15 is 0 Å². The van der Waals surface area contributed by atoms with Crippen LogP contribution in [0.1, 0.15) is 53.4 Å². The molecule has 0 atom stereocenters. The first-order valence-corrected chi connectivity index (χ1v) is 6.60. The summed E-state index contributed by atoms with van der Waals surface area (Å²) < 4.78 is 0. The Balaban J connectivity index is 3.87. The molecule has 0 aliphatic rings. The highest BCUT2D eigenvalue weighted by molar-refractivity contribution is 6.17. The molecule has 0 spiro atoms. The van der Waals surface area contributed by atoms with E-state index in [4.69, 9.17) is 11.6 Å². The average molecular weight is 241 g/mol. The van der Waals surface area contributed by atoms with Crippen LogP contribution in [0.3, 0.4) is 0 Å². The van der Waals surface area contributed by atoms with Crippen molar-refractivity contribution in [1.82, 2.24) is 0 Å². The molecule has 0 amide bonds. The van der Waals surface area contributed by atoms with Gasteiger partial charge in [0, 0.05) is 5.88 Å². The van der Waals surface area contributed by atoms with Crippen LogP contribution in [0.5, 0.6) is 0 Å². The fraction of sp³-hybridized carbons (Fsp3) is 0.600. The van der Waals surface area contributed by atoms with Crippen LogP contribution in [0.4, 0.5) is 0 Å². The minimum absolute atomic E-state index is 0.728. The topological polar surface area (TPSA) is 0 Å². The normalized spacial score (nSPS) is 12.8. The molecular weight excluding hydrogens is 216 g/mol. The molecule has 0 fully saturated rings. The minimum atomic E-state index is 0.728. The fourth-order valence-corrected chi connectivity index (χ4v) is 1.70. The molecule has 0 N–H and O–H groups in total. The van der Waals surface area contributed by atoms with Gasteiger partial charge in [-0.2, -0.15) is 0 Å². The summed E-state index contributed by atoms with van der Waals surface area (Å²) in [6.07, 6.45) is 11.3. The Morgan fingerprint density at radius 2 is 1.44 bits per heavy atom. The smallest absolute Gasteiger partial charge is 0.0260 e. The predicted molar refractivity (Wildman–Crippen MR) is 76.1 cm³/mol. The van der Waals surface area contributed by atoms with E-state index in [0.29, 0.717) is 0 Å². The lowest BCUT2D eigenvalue weighted by Crippen LogP contribution is -1.80. The maximum atomic E-state index is 5.67. The van der Waals surface area contributed by atoms with E-state index in [0.717, 1.165) is 25.1 Å². The molecule has 0 aromatic rings. The van der Waals surface area contributed by atoms with Gasteiger partial charge in [-0.15, -0.1) is 11.6 Å². The second-order valence-corrected chi connectivity index (χ2v) is 4.97. The third kappa shape index (κ3) is 10.0. The highest BCUT2D eigenvalue weighted by Crippen LogP contribution is 2.09. The Kier molecular flexibility index (Phi) is 9.42. The summed E-state index contributed by atoms with van der Waals surface area (Å²) in [7, 11) is 0. The molecule has 1 heteroatoms. The third-order valence-electron chi connectivity index (χ3n) is 2.51. The van der Waals surface area contributed by atoms with Crippen LogP contribution in [0.25, 0.3) is 0 Å². The molecule has 0 aliphatic heterocycles. The van der Waals surface area contributed by atoms with Gasteiger partial charge in [0.1, 0.15) is 0 Å². The molecular formula is C15H25Cl. The zero-order valence-corrected chi connectivity index (χ0v) is 11.9. The highest BCUT2D eigenvalue weighted by atomic mass is 35.5. The van der Waals surface area contributed by atoms with Crippen LogP contribution in [-0.2, 0) is 0 Å². The maximum absolute atomic E-state index is 5.67. The van der Waals surface area contributed by atoms with Crippen LogP contribution in [0.15, 0.2) is 34.9 Å². The molecule has 16 heavy (non-hydrogen) atoms. The molecule has 0 radical (unpaired) electrons. The Bertz CT molecular complexity index is 265. The van der Waals surface area contributed by atoms with Crippen molar-refractivity contribution in [2.45, 2.75) is 53.4 Å². The second-order valence-electron chi connectivity index (χ2n) is 4.60. The largest absolute Gasteiger partial charge is 0.126 e. The zero-order valence-electron chi connectivity index (χ0n) is 11.1. The minimum Gasteiger partial charge on any atom is -0.126 e. The molecule has 0 unspecified atom stereocenters. The lowest BCUT2D eigenvalue weighted by molar-refractivity contribution is 0.956. The summed E-state index contributed by atoms with van der Waals surface area (Å²) in [5.41, 5.74) is 4.28. The van der Waals surface area contributed by atoms with Gasteiger partial charge in [0.2, 0.25) is 0 Å². The van der Waals surface area contributed by atoms with E-state index in [-0.39, 0.29) is 0 Å². The Labute approximate surface area is 106 Å². The van der Waals surface area contributed by atoms with Gasteiger partial charge in [-0.05, 0) is 53.4 Å². The lowest BCUT2D eigenvalue weighted by atomic mass is 10.1. The summed E-state index contributed by atoms with van der Waals surface area (Å²) in [6, 6.07) is 0. The van der Waals surface area contributed by atoms with Crippen molar-refractivity contribution in [3.05, 3.63) is 34.9 Å². The summed E-state index contributed by atoms with van der Waals surface area (Å²) in [5, 5.41) is 0. The van der Waals surface area contributed by atoms with E-state index in [1.807, 2.05) is 0 Å². The first-order valence-electron chi connectivity index (χ1n) is 6.07. The lowest BCUT2D eigenvalue weighted by Gasteiger charge is -1.99. The number of alkyl halides is 1. The van der Waals surface area contributed by atoms with E-state index in [1.165, 1.54) is 23.1 Å². The van der Waals surface area contributed by atoms with Crippen molar-refractivity contribution in [2.75, 3.05) is 5.88 Å². The van der Waals surface area contributed by atoms with Gasteiger partial charge >= 0.3 is 0 Å². The molecule has 0 aromatic heterocycles. The summed E-state index contributed by atoms with van der Waals surface area (Å²) >= 11 is 5.67. The number of rotatable bonds is 7.